The summed E-state index contributed by atoms with van der Waals surface area (Å²) in [6.07, 6.45) is 2.87. The highest BCUT2D eigenvalue weighted by Crippen LogP contribution is 2.43. The first-order valence-corrected chi connectivity index (χ1v) is 7.85. The van der Waals surface area contributed by atoms with Crippen LogP contribution in [0.2, 0.25) is 0 Å². The summed E-state index contributed by atoms with van der Waals surface area (Å²) in [5, 5.41) is 11.7. The van der Waals surface area contributed by atoms with Gasteiger partial charge in [-0.05, 0) is 23.5 Å². The molecule has 1 heterocycles. The SMILES string of the molecule is CC(C)c1ccc(C2CC=C(C(=O)NCCO)S2)cc1. The van der Waals surface area contributed by atoms with Crippen LogP contribution in [-0.2, 0) is 4.79 Å². The van der Waals surface area contributed by atoms with Crippen molar-refractivity contribution in [1.82, 2.24) is 5.32 Å². The number of hydrogen-bond donors (Lipinski definition) is 2. The molecule has 108 valence electrons. The zero-order valence-corrected chi connectivity index (χ0v) is 12.7. The highest BCUT2D eigenvalue weighted by atomic mass is 32.2. The van der Waals surface area contributed by atoms with Gasteiger partial charge in [0.1, 0.15) is 0 Å². The second kappa shape index (κ2) is 6.95. The van der Waals surface area contributed by atoms with Crippen molar-refractivity contribution in [3.05, 3.63) is 46.4 Å². The van der Waals surface area contributed by atoms with E-state index in [1.807, 2.05) is 6.08 Å². The molecule has 1 aliphatic heterocycles. The maximum Gasteiger partial charge on any atom is 0.257 e. The Hall–Kier alpha value is -1.26. The van der Waals surface area contributed by atoms with E-state index in [4.69, 9.17) is 5.11 Å². The van der Waals surface area contributed by atoms with Crippen LogP contribution in [0.25, 0.3) is 0 Å². The van der Waals surface area contributed by atoms with Crippen molar-refractivity contribution in [2.24, 2.45) is 0 Å². The van der Waals surface area contributed by atoms with E-state index >= 15 is 0 Å². The summed E-state index contributed by atoms with van der Waals surface area (Å²) in [6, 6.07) is 8.67. The van der Waals surface area contributed by atoms with E-state index in [-0.39, 0.29) is 12.5 Å². The number of benzene rings is 1. The van der Waals surface area contributed by atoms with E-state index in [0.29, 0.717) is 17.7 Å². The molecule has 0 bridgehead atoms. The summed E-state index contributed by atoms with van der Waals surface area (Å²) in [6.45, 7) is 4.66. The number of aliphatic hydroxyl groups is 1. The number of aliphatic hydroxyl groups excluding tert-OH is 1. The topological polar surface area (TPSA) is 49.3 Å². The molecule has 0 fully saturated rings. The summed E-state index contributed by atoms with van der Waals surface area (Å²) in [4.78, 5) is 12.6. The van der Waals surface area contributed by atoms with E-state index in [2.05, 4.69) is 43.4 Å². The number of carbonyl (C=O) groups excluding carboxylic acids is 1. The molecular weight excluding hydrogens is 270 g/mol. The monoisotopic (exact) mass is 291 g/mol. The van der Waals surface area contributed by atoms with Crippen molar-refractivity contribution in [2.45, 2.75) is 31.4 Å². The number of thioether (sulfide) groups is 1. The fraction of sp³-hybridized carbons (Fsp3) is 0.438. The molecule has 0 radical (unpaired) electrons. The number of rotatable bonds is 5. The Morgan fingerprint density at radius 2 is 2.10 bits per heavy atom. The van der Waals surface area contributed by atoms with Crippen LogP contribution in [-0.4, -0.2) is 24.2 Å². The van der Waals surface area contributed by atoms with Crippen LogP contribution < -0.4 is 5.32 Å². The molecular formula is C16H21NO2S. The molecule has 1 atom stereocenters. The lowest BCUT2D eigenvalue weighted by Gasteiger charge is -2.12. The minimum atomic E-state index is -0.0784. The summed E-state index contributed by atoms with van der Waals surface area (Å²) in [5.74, 6) is 0.462. The second-order valence-electron chi connectivity index (χ2n) is 5.21. The molecule has 0 aliphatic carbocycles. The molecule has 1 unspecified atom stereocenters. The van der Waals surface area contributed by atoms with Crippen LogP contribution in [0.5, 0.6) is 0 Å². The molecule has 0 saturated heterocycles. The maximum atomic E-state index is 11.8. The average Bonchev–Trinajstić information content (AvgIpc) is 2.94. The van der Waals surface area contributed by atoms with Crippen LogP contribution in [0.3, 0.4) is 0 Å². The molecule has 0 saturated carbocycles. The van der Waals surface area contributed by atoms with E-state index in [1.54, 1.807) is 11.8 Å². The third-order valence-corrected chi connectivity index (χ3v) is 4.74. The standard InChI is InChI=1S/C16H21NO2S/c1-11(2)12-3-5-13(6-4-12)14-7-8-15(20-14)16(19)17-9-10-18/h3-6,8,11,14,18H,7,9-10H2,1-2H3,(H,17,19). The Labute approximate surface area is 124 Å². The van der Waals surface area contributed by atoms with E-state index in [1.165, 1.54) is 11.1 Å². The summed E-state index contributed by atoms with van der Waals surface area (Å²) < 4.78 is 0. The molecule has 1 aromatic rings. The first kappa shape index (κ1) is 15.1. The van der Waals surface area contributed by atoms with Gasteiger partial charge in [-0.25, -0.2) is 0 Å². The minimum Gasteiger partial charge on any atom is -0.395 e. The smallest absolute Gasteiger partial charge is 0.257 e. The van der Waals surface area contributed by atoms with Gasteiger partial charge < -0.3 is 10.4 Å². The molecule has 4 heteroatoms. The van der Waals surface area contributed by atoms with Crippen LogP contribution in [0.15, 0.2) is 35.2 Å². The quantitative estimate of drug-likeness (QED) is 0.877. The number of hydrogen-bond acceptors (Lipinski definition) is 3. The summed E-state index contributed by atoms with van der Waals surface area (Å²) >= 11 is 1.60. The first-order chi connectivity index (χ1) is 9.61. The molecule has 3 nitrogen and oxygen atoms in total. The summed E-state index contributed by atoms with van der Waals surface area (Å²) in [7, 11) is 0. The Kier molecular flexibility index (Phi) is 5.26. The first-order valence-electron chi connectivity index (χ1n) is 6.97. The van der Waals surface area contributed by atoms with Gasteiger partial charge in [0, 0.05) is 11.8 Å². The fourth-order valence-electron chi connectivity index (χ4n) is 2.17. The van der Waals surface area contributed by atoms with Crippen LogP contribution in [0.1, 0.15) is 42.6 Å². The predicted octanol–water partition coefficient (Wildman–Crippen LogP) is 2.98. The van der Waals surface area contributed by atoms with Gasteiger partial charge >= 0.3 is 0 Å². The second-order valence-corrected chi connectivity index (χ2v) is 6.46. The van der Waals surface area contributed by atoms with Gasteiger partial charge in [-0.1, -0.05) is 44.2 Å². The molecule has 1 aliphatic rings. The predicted molar refractivity (Wildman–Crippen MR) is 83.7 cm³/mol. The van der Waals surface area contributed by atoms with Gasteiger partial charge in [0.25, 0.3) is 5.91 Å². The van der Waals surface area contributed by atoms with Crippen LogP contribution in [0.4, 0.5) is 0 Å². The molecule has 0 aromatic heterocycles. The van der Waals surface area contributed by atoms with Gasteiger partial charge in [0.15, 0.2) is 0 Å². The third kappa shape index (κ3) is 3.64. The molecule has 2 rings (SSSR count). The van der Waals surface area contributed by atoms with Gasteiger partial charge in [-0.3, -0.25) is 4.79 Å². The zero-order valence-electron chi connectivity index (χ0n) is 11.9. The number of allylic oxidation sites excluding steroid dienone is 1. The highest BCUT2D eigenvalue weighted by Gasteiger charge is 2.23. The van der Waals surface area contributed by atoms with E-state index in [0.717, 1.165) is 11.3 Å². The number of nitrogens with one attached hydrogen (secondary N) is 1. The van der Waals surface area contributed by atoms with Crippen molar-refractivity contribution in [3.63, 3.8) is 0 Å². The Morgan fingerprint density at radius 1 is 1.40 bits per heavy atom. The molecule has 2 N–H and O–H groups in total. The number of amides is 1. The largest absolute Gasteiger partial charge is 0.395 e. The zero-order chi connectivity index (χ0) is 14.5. The Morgan fingerprint density at radius 3 is 2.70 bits per heavy atom. The molecule has 20 heavy (non-hydrogen) atoms. The van der Waals surface area contributed by atoms with Crippen LogP contribution in [0, 0.1) is 0 Å². The molecule has 1 amide bonds. The van der Waals surface area contributed by atoms with Gasteiger partial charge in [0.2, 0.25) is 0 Å². The highest BCUT2D eigenvalue weighted by molar-refractivity contribution is 8.04. The Bertz CT molecular complexity index is 494. The van der Waals surface area contributed by atoms with Crippen molar-refractivity contribution >= 4 is 17.7 Å². The van der Waals surface area contributed by atoms with Gasteiger partial charge in [-0.2, -0.15) is 0 Å². The van der Waals surface area contributed by atoms with E-state index in [9.17, 15) is 4.79 Å². The van der Waals surface area contributed by atoms with Crippen molar-refractivity contribution in [2.75, 3.05) is 13.2 Å². The van der Waals surface area contributed by atoms with E-state index < -0.39 is 0 Å². The minimum absolute atomic E-state index is 0.0240. The van der Waals surface area contributed by atoms with Crippen LogP contribution >= 0.6 is 11.8 Å². The normalized spacial score (nSPS) is 18.2. The Balaban J connectivity index is 1.95. The third-order valence-electron chi connectivity index (χ3n) is 3.38. The van der Waals surface area contributed by atoms with Crippen molar-refractivity contribution in [3.8, 4) is 0 Å². The lowest BCUT2D eigenvalue weighted by molar-refractivity contribution is -0.116. The van der Waals surface area contributed by atoms with Gasteiger partial charge in [-0.15, -0.1) is 11.8 Å². The average molecular weight is 291 g/mol. The van der Waals surface area contributed by atoms with Crippen molar-refractivity contribution in [1.29, 1.82) is 0 Å². The molecule has 1 aromatic carbocycles. The molecule has 0 spiro atoms. The van der Waals surface area contributed by atoms with Crippen molar-refractivity contribution < 1.29 is 9.90 Å². The lowest BCUT2D eigenvalue weighted by Crippen LogP contribution is -2.26. The maximum absolute atomic E-state index is 11.8. The summed E-state index contributed by atoms with van der Waals surface area (Å²) in [5.41, 5.74) is 2.60. The lowest BCUT2D eigenvalue weighted by atomic mass is 10.00. The number of carbonyl (C=O) groups is 1. The van der Waals surface area contributed by atoms with Gasteiger partial charge in [0.05, 0.1) is 11.5 Å². The fourth-order valence-corrected chi connectivity index (χ4v) is 3.33.